The molecule has 2 aromatic rings. The standard InChI is InChI=1S/C17H16ClFO2.C3H7NO2.C2H6/c1-3-11-8-12(19)9-14(18)15(11)13-5-4-10(2)16-17(13)21-7-6-20-16;1-6-3(5)2-4;1-2/h4-5,8-9H,3,6-7H2,1-2H3;2,4H2,1H3;1-2H3. The van der Waals surface area contributed by atoms with Crippen molar-refractivity contribution in [2.45, 2.75) is 34.1 Å². The van der Waals surface area contributed by atoms with Gasteiger partial charge in [-0.2, -0.15) is 0 Å². The molecule has 2 N–H and O–H groups in total. The van der Waals surface area contributed by atoms with Gasteiger partial charge in [-0.25, -0.2) is 4.39 Å². The molecule has 160 valence electrons. The van der Waals surface area contributed by atoms with Crippen molar-refractivity contribution in [3.8, 4) is 22.6 Å². The van der Waals surface area contributed by atoms with Gasteiger partial charge in [-0.05, 0) is 36.6 Å². The largest absolute Gasteiger partial charge is 0.486 e. The number of aryl methyl sites for hydroxylation is 2. The Kier molecular flexibility index (Phi) is 10.5. The summed E-state index contributed by atoms with van der Waals surface area (Å²) in [5.74, 6) is 0.749. The van der Waals surface area contributed by atoms with Crippen LogP contribution in [0.2, 0.25) is 5.02 Å². The van der Waals surface area contributed by atoms with E-state index in [4.69, 9.17) is 26.8 Å². The molecule has 0 spiro atoms. The molecule has 2 aromatic carbocycles. The summed E-state index contributed by atoms with van der Waals surface area (Å²) < 4.78 is 29.2. The first-order chi connectivity index (χ1) is 13.9. The third kappa shape index (κ3) is 6.34. The average molecular weight is 426 g/mol. The van der Waals surface area contributed by atoms with E-state index < -0.39 is 0 Å². The summed E-state index contributed by atoms with van der Waals surface area (Å²) in [5.41, 5.74) is 8.37. The van der Waals surface area contributed by atoms with E-state index in [1.54, 1.807) is 0 Å². The van der Waals surface area contributed by atoms with E-state index in [2.05, 4.69) is 4.74 Å². The molecule has 0 aliphatic carbocycles. The minimum Gasteiger partial charge on any atom is -0.486 e. The number of ether oxygens (including phenoxy) is 3. The van der Waals surface area contributed by atoms with E-state index in [1.165, 1.54) is 19.2 Å². The zero-order valence-corrected chi connectivity index (χ0v) is 18.4. The van der Waals surface area contributed by atoms with Crippen molar-refractivity contribution in [3.05, 3.63) is 46.2 Å². The van der Waals surface area contributed by atoms with Gasteiger partial charge in [-0.15, -0.1) is 0 Å². The second kappa shape index (κ2) is 12.3. The second-order valence-electron chi connectivity index (χ2n) is 5.84. The topological polar surface area (TPSA) is 70.8 Å². The summed E-state index contributed by atoms with van der Waals surface area (Å²) >= 11 is 6.29. The zero-order valence-electron chi connectivity index (χ0n) is 17.6. The number of carbonyl (C=O) groups is 1. The molecule has 0 saturated heterocycles. The van der Waals surface area contributed by atoms with Gasteiger partial charge in [0.25, 0.3) is 0 Å². The lowest BCUT2D eigenvalue weighted by atomic mass is 9.95. The highest BCUT2D eigenvalue weighted by Crippen LogP contribution is 2.45. The van der Waals surface area contributed by atoms with Crippen LogP contribution in [0.15, 0.2) is 24.3 Å². The molecule has 1 aliphatic rings. The van der Waals surface area contributed by atoms with Crippen molar-refractivity contribution in [3.63, 3.8) is 0 Å². The maximum absolute atomic E-state index is 13.6. The highest BCUT2D eigenvalue weighted by atomic mass is 35.5. The molecule has 0 fully saturated rings. The van der Waals surface area contributed by atoms with Crippen molar-refractivity contribution in [1.29, 1.82) is 0 Å². The lowest BCUT2D eigenvalue weighted by molar-refractivity contribution is -0.138. The monoisotopic (exact) mass is 425 g/mol. The average Bonchev–Trinajstić information content (AvgIpc) is 2.75. The Labute approximate surface area is 176 Å². The van der Waals surface area contributed by atoms with Gasteiger partial charge in [0, 0.05) is 11.1 Å². The highest BCUT2D eigenvalue weighted by molar-refractivity contribution is 6.33. The van der Waals surface area contributed by atoms with Crippen LogP contribution < -0.4 is 15.2 Å². The van der Waals surface area contributed by atoms with Gasteiger partial charge in [-0.3, -0.25) is 4.79 Å². The van der Waals surface area contributed by atoms with Crippen LogP contribution >= 0.6 is 11.6 Å². The van der Waals surface area contributed by atoms with Crippen molar-refractivity contribution in [1.82, 2.24) is 0 Å². The summed E-state index contributed by atoms with van der Waals surface area (Å²) in [4.78, 5) is 9.83. The fraction of sp³-hybridized carbons (Fsp3) is 0.409. The first-order valence-electron chi connectivity index (χ1n) is 9.57. The van der Waals surface area contributed by atoms with E-state index in [9.17, 15) is 9.18 Å². The van der Waals surface area contributed by atoms with Gasteiger partial charge in [0.1, 0.15) is 19.0 Å². The fourth-order valence-electron chi connectivity index (χ4n) is 2.76. The molecule has 1 aliphatic heterocycles. The molecule has 0 aromatic heterocycles. The van der Waals surface area contributed by atoms with Gasteiger partial charge in [-0.1, -0.05) is 44.5 Å². The highest BCUT2D eigenvalue weighted by Gasteiger charge is 2.22. The van der Waals surface area contributed by atoms with Crippen molar-refractivity contribution < 1.29 is 23.4 Å². The van der Waals surface area contributed by atoms with Crippen LogP contribution in [-0.4, -0.2) is 32.8 Å². The second-order valence-corrected chi connectivity index (χ2v) is 6.25. The Morgan fingerprint density at radius 2 is 1.83 bits per heavy atom. The van der Waals surface area contributed by atoms with Crippen LogP contribution in [0.4, 0.5) is 4.39 Å². The molecule has 7 heteroatoms. The predicted molar refractivity (Wildman–Crippen MR) is 114 cm³/mol. The molecular formula is C22H29ClFNO4. The molecule has 1 heterocycles. The summed E-state index contributed by atoms with van der Waals surface area (Å²) in [6, 6.07) is 6.80. The quantitative estimate of drug-likeness (QED) is 0.706. The van der Waals surface area contributed by atoms with Crippen molar-refractivity contribution in [2.24, 2.45) is 5.73 Å². The number of rotatable bonds is 3. The molecule has 0 radical (unpaired) electrons. The normalized spacial score (nSPS) is 11.4. The minimum absolute atomic E-state index is 0.0312. The summed E-state index contributed by atoms with van der Waals surface area (Å²) in [7, 11) is 1.30. The molecule has 0 unspecified atom stereocenters. The number of fused-ring (bicyclic) bond motifs is 1. The van der Waals surface area contributed by atoms with E-state index >= 15 is 0 Å². The van der Waals surface area contributed by atoms with Crippen LogP contribution in [0.25, 0.3) is 11.1 Å². The van der Waals surface area contributed by atoms with E-state index in [0.29, 0.717) is 30.4 Å². The van der Waals surface area contributed by atoms with E-state index in [-0.39, 0.29) is 18.3 Å². The number of methoxy groups -OCH3 is 1. The number of esters is 1. The maximum Gasteiger partial charge on any atom is 0.319 e. The Bertz CT molecular complexity index is 821. The SMILES string of the molecule is CC.CCc1cc(F)cc(Cl)c1-c1ccc(C)c2c1OCCO2.COC(=O)CN. The first-order valence-corrected chi connectivity index (χ1v) is 9.95. The van der Waals surface area contributed by atoms with Gasteiger partial charge >= 0.3 is 5.97 Å². The predicted octanol–water partition coefficient (Wildman–Crippen LogP) is 4.93. The van der Waals surface area contributed by atoms with Gasteiger partial charge in [0.05, 0.1) is 18.7 Å². The molecule has 0 atom stereocenters. The smallest absolute Gasteiger partial charge is 0.319 e. The van der Waals surface area contributed by atoms with E-state index in [1.807, 2.05) is 39.8 Å². The first kappa shape index (κ1) is 24.7. The fourth-order valence-corrected chi connectivity index (χ4v) is 3.09. The van der Waals surface area contributed by atoms with Gasteiger partial charge < -0.3 is 19.9 Å². The van der Waals surface area contributed by atoms with Gasteiger partial charge in [0.15, 0.2) is 11.5 Å². The number of halogens is 2. The van der Waals surface area contributed by atoms with Crippen LogP contribution in [-0.2, 0) is 16.0 Å². The number of hydrogen-bond acceptors (Lipinski definition) is 5. The number of hydrogen-bond donors (Lipinski definition) is 1. The van der Waals surface area contributed by atoms with Crippen molar-refractivity contribution >= 4 is 17.6 Å². The Morgan fingerprint density at radius 3 is 2.34 bits per heavy atom. The molecule has 0 bridgehead atoms. The lowest BCUT2D eigenvalue weighted by Gasteiger charge is -2.24. The third-order valence-electron chi connectivity index (χ3n) is 4.07. The van der Waals surface area contributed by atoms with E-state index in [0.717, 1.165) is 28.0 Å². The molecule has 5 nitrogen and oxygen atoms in total. The summed E-state index contributed by atoms with van der Waals surface area (Å²) in [5, 5.41) is 0.395. The molecule has 0 amide bonds. The lowest BCUT2D eigenvalue weighted by Crippen LogP contribution is -2.17. The maximum atomic E-state index is 13.6. The molecule has 3 rings (SSSR count). The van der Waals surface area contributed by atoms with Crippen LogP contribution in [0.5, 0.6) is 11.5 Å². The molecular weight excluding hydrogens is 397 g/mol. The molecule has 0 saturated carbocycles. The third-order valence-corrected chi connectivity index (χ3v) is 4.36. The van der Waals surface area contributed by atoms with Crippen LogP contribution in [0, 0.1) is 12.7 Å². The Morgan fingerprint density at radius 1 is 1.21 bits per heavy atom. The Hall–Kier alpha value is -2.31. The van der Waals surface area contributed by atoms with Crippen LogP contribution in [0.3, 0.4) is 0 Å². The Balaban J connectivity index is 0.000000454. The summed E-state index contributed by atoms with van der Waals surface area (Å²) in [6.45, 7) is 8.96. The van der Waals surface area contributed by atoms with Crippen molar-refractivity contribution in [2.75, 3.05) is 26.9 Å². The molecule has 29 heavy (non-hydrogen) atoms. The van der Waals surface area contributed by atoms with Gasteiger partial charge in [0.2, 0.25) is 0 Å². The summed E-state index contributed by atoms with van der Waals surface area (Å²) in [6.07, 6.45) is 0.691. The minimum atomic E-state index is -0.380. The van der Waals surface area contributed by atoms with Crippen LogP contribution in [0.1, 0.15) is 31.9 Å². The number of benzene rings is 2. The number of nitrogens with two attached hydrogens (primary N) is 1. The number of carbonyl (C=O) groups excluding carboxylic acids is 1. The zero-order chi connectivity index (χ0) is 22.0.